The minimum Gasteiger partial charge on any atom is -0.373 e. The number of nitrogens with zero attached hydrogens (tertiary/aromatic N) is 1. The highest BCUT2D eigenvalue weighted by atomic mass is 16.5. The van der Waals surface area contributed by atoms with Crippen LogP contribution in [0.25, 0.3) is 0 Å². The molecule has 0 radical (unpaired) electrons. The van der Waals surface area contributed by atoms with Crippen LogP contribution in [0.2, 0.25) is 0 Å². The predicted molar refractivity (Wildman–Crippen MR) is 82.4 cm³/mol. The Morgan fingerprint density at radius 1 is 1.17 bits per heavy atom. The van der Waals surface area contributed by atoms with Crippen LogP contribution in [0.4, 0.5) is 0 Å². The summed E-state index contributed by atoms with van der Waals surface area (Å²) in [6, 6.07) is -0.758. The third-order valence-electron chi connectivity index (χ3n) is 5.11. The van der Waals surface area contributed by atoms with Gasteiger partial charge in [0, 0.05) is 13.1 Å². The lowest BCUT2D eigenvalue weighted by molar-refractivity contribution is -0.149. The van der Waals surface area contributed by atoms with Crippen LogP contribution in [0.15, 0.2) is 0 Å². The van der Waals surface area contributed by atoms with Crippen LogP contribution in [0.3, 0.4) is 0 Å². The normalized spacial score (nSPS) is 33.2. The second-order valence-electron chi connectivity index (χ2n) is 6.61. The van der Waals surface area contributed by atoms with Crippen LogP contribution < -0.4 is 10.6 Å². The molecule has 3 amide bonds. The Labute approximate surface area is 136 Å². The van der Waals surface area contributed by atoms with Crippen molar-refractivity contribution in [1.29, 1.82) is 0 Å². The van der Waals surface area contributed by atoms with Crippen molar-refractivity contribution in [3.05, 3.63) is 0 Å². The Hall–Kier alpha value is -1.47. The summed E-state index contributed by atoms with van der Waals surface area (Å²) in [6.07, 6.45) is 2.43. The molecule has 5 atom stereocenters. The Morgan fingerprint density at radius 2 is 1.78 bits per heavy atom. The van der Waals surface area contributed by atoms with E-state index in [0.29, 0.717) is 13.1 Å². The van der Waals surface area contributed by atoms with Crippen LogP contribution >= 0.6 is 0 Å². The SMILES string of the molecule is CCCNCCNC(=O)C(C)N1C(=O)C2C3CCC(O3)C2C1=O. The number of rotatable bonds is 7. The van der Waals surface area contributed by atoms with Crippen molar-refractivity contribution in [2.75, 3.05) is 19.6 Å². The summed E-state index contributed by atoms with van der Waals surface area (Å²) in [5.41, 5.74) is 0. The molecule has 3 rings (SSSR count). The fraction of sp³-hybridized carbons (Fsp3) is 0.812. The zero-order valence-electron chi connectivity index (χ0n) is 13.7. The Bertz CT molecular complexity index is 482. The molecule has 7 nitrogen and oxygen atoms in total. The molecule has 2 N–H and O–H groups in total. The fourth-order valence-electron chi connectivity index (χ4n) is 3.96. The smallest absolute Gasteiger partial charge is 0.243 e. The summed E-state index contributed by atoms with van der Waals surface area (Å²) in [5.74, 6) is -1.50. The fourth-order valence-corrected chi connectivity index (χ4v) is 3.96. The maximum absolute atomic E-state index is 12.6. The zero-order chi connectivity index (χ0) is 16.6. The number of imide groups is 1. The van der Waals surface area contributed by atoms with Gasteiger partial charge in [0.25, 0.3) is 0 Å². The van der Waals surface area contributed by atoms with Gasteiger partial charge in [-0.2, -0.15) is 0 Å². The van der Waals surface area contributed by atoms with Crippen molar-refractivity contribution >= 4 is 17.7 Å². The number of ether oxygens (including phenoxy) is 1. The van der Waals surface area contributed by atoms with E-state index in [0.717, 1.165) is 30.7 Å². The standard InChI is InChI=1S/C16H25N3O4/c1-3-6-17-7-8-18-14(20)9(2)19-15(21)12-10-4-5-11(23-10)13(12)16(19)22/h9-13,17H,3-8H2,1-2H3,(H,18,20). The van der Waals surface area contributed by atoms with Gasteiger partial charge in [0.2, 0.25) is 17.7 Å². The highest BCUT2D eigenvalue weighted by Crippen LogP contribution is 2.48. The van der Waals surface area contributed by atoms with Gasteiger partial charge in [-0.05, 0) is 32.7 Å². The van der Waals surface area contributed by atoms with Crippen molar-refractivity contribution < 1.29 is 19.1 Å². The number of nitrogens with one attached hydrogen (secondary N) is 2. The van der Waals surface area contributed by atoms with Crippen LogP contribution in [0.5, 0.6) is 0 Å². The average Bonchev–Trinajstić information content (AvgIpc) is 3.20. The highest BCUT2D eigenvalue weighted by molar-refractivity contribution is 6.09. The number of amides is 3. The maximum Gasteiger partial charge on any atom is 0.243 e. The van der Waals surface area contributed by atoms with Gasteiger partial charge in [-0.1, -0.05) is 6.92 Å². The maximum atomic E-state index is 12.6. The minimum absolute atomic E-state index is 0.139. The van der Waals surface area contributed by atoms with Crippen LogP contribution in [0.1, 0.15) is 33.1 Å². The first-order valence-corrected chi connectivity index (χ1v) is 8.57. The molecule has 0 aromatic carbocycles. The van der Waals surface area contributed by atoms with Crippen molar-refractivity contribution in [2.24, 2.45) is 11.8 Å². The van der Waals surface area contributed by atoms with Crippen molar-refractivity contribution in [3.63, 3.8) is 0 Å². The average molecular weight is 323 g/mol. The first kappa shape index (κ1) is 16.4. The molecular formula is C16H25N3O4. The number of likely N-dealkylation sites (tertiary alicyclic amines) is 1. The molecule has 3 aliphatic heterocycles. The van der Waals surface area contributed by atoms with Crippen LogP contribution in [-0.4, -0.2) is 60.5 Å². The number of hydrogen-bond donors (Lipinski definition) is 2. The molecule has 3 fully saturated rings. The van der Waals surface area contributed by atoms with E-state index in [1.807, 2.05) is 0 Å². The quantitative estimate of drug-likeness (QED) is 0.494. The monoisotopic (exact) mass is 323 g/mol. The summed E-state index contributed by atoms with van der Waals surface area (Å²) in [5, 5.41) is 5.97. The minimum atomic E-state index is -0.758. The van der Waals surface area contributed by atoms with Gasteiger partial charge in [-0.25, -0.2) is 0 Å². The van der Waals surface area contributed by atoms with Crippen molar-refractivity contribution in [3.8, 4) is 0 Å². The summed E-state index contributed by atoms with van der Waals surface area (Å²) >= 11 is 0. The predicted octanol–water partition coefficient (Wildman–Crippen LogP) is -0.347. The Morgan fingerprint density at radius 3 is 2.35 bits per heavy atom. The largest absolute Gasteiger partial charge is 0.373 e. The molecule has 3 aliphatic rings. The van der Waals surface area contributed by atoms with Crippen molar-refractivity contribution in [2.45, 2.75) is 51.4 Å². The van der Waals surface area contributed by atoms with E-state index >= 15 is 0 Å². The van der Waals surface area contributed by atoms with Gasteiger partial charge in [-0.15, -0.1) is 0 Å². The van der Waals surface area contributed by atoms with E-state index in [1.54, 1.807) is 6.92 Å². The van der Waals surface area contributed by atoms with Gasteiger partial charge in [0.1, 0.15) is 6.04 Å². The molecule has 7 heteroatoms. The van der Waals surface area contributed by atoms with Gasteiger partial charge in [0.15, 0.2) is 0 Å². The van der Waals surface area contributed by atoms with E-state index in [4.69, 9.17) is 4.74 Å². The molecule has 3 heterocycles. The summed E-state index contributed by atoms with van der Waals surface area (Å²) < 4.78 is 5.69. The molecule has 0 aliphatic carbocycles. The van der Waals surface area contributed by atoms with Crippen LogP contribution in [-0.2, 0) is 19.1 Å². The van der Waals surface area contributed by atoms with E-state index in [1.165, 1.54) is 0 Å². The van der Waals surface area contributed by atoms with E-state index in [-0.39, 0.29) is 41.8 Å². The lowest BCUT2D eigenvalue weighted by Gasteiger charge is -2.23. The molecule has 2 bridgehead atoms. The lowest BCUT2D eigenvalue weighted by atomic mass is 9.81. The molecule has 0 saturated carbocycles. The van der Waals surface area contributed by atoms with Gasteiger partial charge >= 0.3 is 0 Å². The molecule has 0 aromatic rings. The van der Waals surface area contributed by atoms with E-state index in [9.17, 15) is 14.4 Å². The second-order valence-corrected chi connectivity index (χ2v) is 6.61. The molecule has 128 valence electrons. The number of carbonyl (C=O) groups is 3. The lowest BCUT2D eigenvalue weighted by Crippen LogP contribution is -2.50. The van der Waals surface area contributed by atoms with Gasteiger partial charge < -0.3 is 15.4 Å². The first-order chi connectivity index (χ1) is 11.1. The number of fused-ring (bicyclic) bond motifs is 5. The molecule has 0 aromatic heterocycles. The van der Waals surface area contributed by atoms with Crippen molar-refractivity contribution in [1.82, 2.24) is 15.5 Å². The first-order valence-electron chi connectivity index (χ1n) is 8.57. The zero-order valence-corrected chi connectivity index (χ0v) is 13.7. The van der Waals surface area contributed by atoms with Gasteiger partial charge in [0.05, 0.1) is 24.0 Å². The van der Waals surface area contributed by atoms with Gasteiger partial charge in [-0.3, -0.25) is 19.3 Å². The highest BCUT2D eigenvalue weighted by Gasteiger charge is 2.63. The summed E-state index contributed by atoms with van der Waals surface area (Å²) in [7, 11) is 0. The second kappa shape index (κ2) is 6.57. The third kappa shape index (κ3) is 2.76. The summed E-state index contributed by atoms with van der Waals surface area (Å²) in [6.45, 7) is 5.76. The Balaban J connectivity index is 1.57. The Kier molecular flexibility index (Phi) is 4.68. The molecule has 23 heavy (non-hydrogen) atoms. The molecule has 0 spiro atoms. The van der Waals surface area contributed by atoms with E-state index in [2.05, 4.69) is 17.6 Å². The summed E-state index contributed by atoms with van der Waals surface area (Å²) in [4.78, 5) is 38.6. The number of hydrogen-bond acceptors (Lipinski definition) is 5. The molecule has 3 saturated heterocycles. The topological polar surface area (TPSA) is 87.7 Å². The number of carbonyl (C=O) groups excluding carboxylic acids is 3. The molecular weight excluding hydrogens is 298 g/mol. The van der Waals surface area contributed by atoms with E-state index < -0.39 is 6.04 Å². The molecule has 5 unspecified atom stereocenters. The third-order valence-corrected chi connectivity index (χ3v) is 5.11. The van der Waals surface area contributed by atoms with Crippen LogP contribution in [0, 0.1) is 11.8 Å².